The fraction of sp³-hybridized carbons (Fsp3) is 0.0556. The molecule has 2 aromatic carbocycles. The molecule has 1 aromatic heterocycles. The molecule has 0 unspecified atom stereocenters. The highest BCUT2D eigenvalue weighted by atomic mass is 32.2. The van der Waals surface area contributed by atoms with E-state index in [9.17, 15) is 13.6 Å². The zero-order valence-electron chi connectivity index (χ0n) is 13.8. The van der Waals surface area contributed by atoms with Gasteiger partial charge in [0, 0.05) is 28.5 Å². The number of nitrogens with one attached hydrogen (secondary N) is 2. The number of carbonyl (C=O) groups is 1. The number of carbonyl (C=O) groups excluding carboxylic acids is 1. The van der Waals surface area contributed by atoms with E-state index in [4.69, 9.17) is 0 Å². The first kappa shape index (κ1) is 18.6. The van der Waals surface area contributed by atoms with E-state index < -0.39 is 6.61 Å². The van der Waals surface area contributed by atoms with Crippen molar-refractivity contribution in [1.29, 1.82) is 0 Å². The van der Waals surface area contributed by atoms with Gasteiger partial charge in [-0.25, -0.2) is 9.97 Å². The third kappa shape index (κ3) is 5.65. The largest absolute Gasteiger partial charge is 0.435 e. The van der Waals surface area contributed by atoms with E-state index >= 15 is 0 Å². The van der Waals surface area contributed by atoms with E-state index in [1.54, 1.807) is 30.6 Å². The molecule has 2 N–H and O–H groups in total. The molecule has 1 heterocycles. The van der Waals surface area contributed by atoms with E-state index in [2.05, 4.69) is 24.7 Å². The SMILES string of the molecule is O=C(Nc1ccc(SNc2ncccn2)cc1)c1ccc(OC(F)F)cc1. The van der Waals surface area contributed by atoms with Crippen LogP contribution in [0, 0.1) is 0 Å². The van der Waals surface area contributed by atoms with Crippen molar-refractivity contribution in [3.8, 4) is 5.75 Å². The summed E-state index contributed by atoms with van der Waals surface area (Å²) in [4.78, 5) is 21.2. The van der Waals surface area contributed by atoms with E-state index in [1.807, 2.05) is 12.1 Å². The quantitative estimate of drug-likeness (QED) is 0.583. The highest BCUT2D eigenvalue weighted by molar-refractivity contribution is 8.00. The van der Waals surface area contributed by atoms with Gasteiger partial charge in [0.1, 0.15) is 5.75 Å². The van der Waals surface area contributed by atoms with Crippen molar-refractivity contribution in [3.05, 3.63) is 72.6 Å². The lowest BCUT2D eigenvalue weighted by molar-refractivity contribution is -0.0498. The van der Waals surface area contributed by atoms with Gasteiger partial charge in [0.15, 0.2) is 0 Å². The molecule has 0 aliphatic rings. The van der Waals surface area contributed by atoms with Crippen LogP contribution < -0.4 is 14.8 Å². The van der Waals surface area contributed by atoms with Crippen LogP contribution in [0.5, 0.6) is 5.75 Å². The Morgan fingerprint density at radius 1 is 1.00 bits per heavy atom. The fourth-order valence-electron chi connectivity index (χ4n) is 2.05. The van der Waals surface area contributed by atoms with Crippen LogP contribution in [-0.2, 0) is 0 Å². The molecule has 27 heavy (non-hydrogen) atoms. The van der Waals surface area contributed by atoms with Gasteiger partial charge < -0.3 is 10.1 Å². The number of rotatable bonds is 7. The Labute approximate surface area is 158 Å². The summed E-state index contributed by atoms with van der Waals surface area (Å²) in [5, 5.41) is 2.74. The molecule has 0 bridgehead atoms. The first-order valence-corrected chi connectivity index (χ1v) is 8.58. The predicted molar refractivity (Wildman–Crippen MR) is 99.0 cm³/mol. The lowest BCUT2D eigenvalue weighted by Gasteiger charge is -2.08. The maximum Gasteiger partial charge on any atom is 0.387 e. The molecule has 0 atom stereocenters. The van der Waals surface area contributed by atoms with Gasteiger partial charge in [-0.3, -0.25) is 9.52 Å². The van der Waals surface area contributed by atoms with E-state index in [-0.39, 0.29) is 11.7 Å². The smallest absolute Gasteiger partial charge is 0.387 e. The summed E-state index contributed by atoms with van der Waals surface area (Å²) < 4.78 is 31.5. The summed E-state index contributed by atoms with van der Waals surface area (Å²) >= 11 is 1.34. The summed E-state index contributed by atoms with van der Waals surface area (Å²) in [7, 11) is 0. The number of halogens is 2. The van der Waals surface area contributed by atoms with E-state index in [0.29, 0.717) is 17.2 Å². The minimum absolute atomic E-state index is 0.00202. The second kappa shape index (κ2) is 8.95. The van der Waals surface area contributed by atoms with Gasteiger partial charge in [-0.05, 0) is 66.5 Å². The Morgan fingerprint density at radius 3 is 2.30 bits per heavy atom. The summed E-state index contributed by atoms with van der Waals surface area (Å²) in [6.07, 6.45) is 3.28. The highest BCUT2D eigenvalue weighted by Gasteiger charge is 2.08. The zero-order valence-corrected chi connectivity index (χ0v) is 14.6. The van der Waals surface area contributed by atoms with Crippen molar-refractivity contribution in [1.82, 2.24) is 9.97 Å². The fourth-order valence-corrected chi connectivity index (χ4v) is 2.64. The van der Waals surface area contributed by atoms with E-state index in [1.165, 1.54) is 36.2 Å². The molecular formula is C18H14F2N4O2S. The number of anilines is 2. The third-order valence-electron chi connectivity index (χ3n) is 3.28. The molecule has 0 saturated carbocycles. The molecule has 138 valence electrons. The number of amides is 1. The molecule has 0 spiro atoms. The number of alkyl halides is 2. The Kier molecular flexibility index (Phi) is 6.16. The molecule has 6 nitrogen and oxygen atoms in total. The van der Waals surface area contributed by atoms with Crippen molar-refractivity contribution in [2.45, 2.75) is 11.5 Å². The Morgan fingerprint density at radius 2 is 1.67 bits per heavy atom. The van der Waals surface area contributed by atoms with Crippen LogP contribution in [0.4, 0.5) is 20.4 Å². The number of nitrogens with zero attached hydrogens (tertiary/aromatic N) is 2. The van der Waals surface area contributed by atoms with Gasteiger partial charge in [0.05, 0.1) is 0 Å². The molecule has 0 saturated heterocycles. The van der Waals surface area contributed by atoms with Gasteiger partial charge in [-0.1, -0.05) is 0 Å². The molecule has 0 aliphatic heterocycles. The van der Waals surface area contributed by atoms with Gasteiger partial charge in [-0.15, -0.1) is 0 Å². The molecule has 3 aromatic rings. The third-order valence-corrected chi connectivity index (χ3v) is 4.07. The maximum atomic E-state index is 12.2. The first-order valence-electron chi connectivity index (χ1n) is 7.76. The van der Waals surface area contributed by atoms with Crippen molar-refractivity contribution < 1.29 is 18.3 Å². The van der Waals surface area contributed by atoms with E-state index in [0.717, 1.165) is 4.90 Å². The molecule has 9 heteroatoms. The lowest BCUT2D eigenvalue weighted by Crippen LogP contribution is -2.11. The number of aromatic nitrogens is 2. The van der Waals surface area contributed by atoms with Crippen molar-refractivity contribution in [3.63, 3.8) is 0 Å². The van der Waals surface area contributed by atoms with Crippen LogP contribution in [0.25, 0.3) is 0 Å². The normalized spacial score (nSPS) is 10.5. The second-order valence-electron chi connectivity index (χ2n) is 5.16. The van der Waals surface area contributed by atoms with Crippen molar-refractivity contribution in [2.24, 2.45) is 0 Å². The summed E-state index contributed by atoms with van der Waals surface area (Å²) in [6.45, 7) is -2.90. The maximum absolute atomic E-state index is 12.2. The Hall–Kier alpha value is -3.20. The monoisotopic (exact) mass is 388 g/mol. The van der Waals surface area contributed by atoms with Crippen LogP contribution in [0.3, 0.4) is 0 Å². The van der Waals surface area contributed by atoms with Crippen LogP contribution >= 0.6 is 11.9 Å². The van der Waals surface area contributed by atoms with Gasteiger partial charge in [-0.2, -0.15) is 8.78 Å². The lowest BCUT2D eigenvalue weighted by atomic mass is 10.2. The van der Waals surface area contributed by atoms with Gasteiger partial charge >= 0.3 is 6.61 Å². The molecule has 1 amide bonds. The average molecular weight is 388 g/mol. The topological polar surface area (TPSA) is 76.1 Å². The molecule has 0 fully saturated rings. The van der Waals surface area contributed by atoms with Crippen molar-refractivity contribution in [2.75, 3.05) is 10.0 Å². The first-order chi connectivity index (χ1) is 13.1. The average Bonchev–Trinajstić information content (AvgIpc) is 2.68. The number of hydrogen-bond donors (Lipinski definition) is 2. The van der Waals surface area contributed by atoms with Crippen LogP contribution in [0.1, 0.15) is 10.4 Å². The zero-order chi connectivity index (χ0) is 19.1. The second-order valence-corrected chi connectivity index (χ2v) is 6.04. The minimum atomic E-state index is -2.90. The summed E-state index contributed by atoms with van der Waals surface area (Å²) in [5.74, 6) is 0.145. The predicted octanol–water partition coefficient (Wildman–Crippen LogP) is 4.45. The molecule has 0 aliphatic carbocycles. The summed E-state index contributed by atoms with van der Waals surface area (Å²) in [5.41, 5.74) is 0.936. The van der Waals surface area contributed by atoms with Gasteiger partial charge in [0.25, 0.3) is 5.91 Å². The minimum Gasteiger partial charge on any atom is -0.435 e. The number of hydrogen-bond acceptors (Lipinski definition) is 6. The molecular weight excluding hydrogens is 374 g/mol. The van der Waals surface area contributed by atoms with Crippen LogP contribution in [0.15, 0.2) is 71.9 Å². The number of benzene rings is 2. The molecule has 0 radical (unpaired) electrons. The summed E-state index contributed by atoms with van der Waals surface area (Å²) in [6, 6.07) is 14.4. The van der Waals surface area contributed by atoms with Crippen LogP contribution in [0.2, 0.25) is 0 Å². The highest BCUT2D eigenvalue weighted by Crippen LogP contribution is 2.21. The standard InChI is InChI=1S/C18H14F2N4O2S/c19-17(20)26-14-6-2-12(3-7-14)16(25)23-13-4-8-15(9-5-13)27-24-18-21-10-1-11-22-18/h1-11,17H,(H,23,25)(H,21,22,24). The number of ether oxygens (including phenoxy) is 1. The van der Waals surface area contributed by atoms with Crippen molar-refractivity contribution >= 4 is 29.5 Å². The van der Waals surface area contributed by atoms with Crippen LogP contribution in [-0.4, -0.2) is 22.5 Å². The Balaban J connectivity index is 1.55. The Bertz CT molecular complexity index is 878. The van der Waals surface area contributed by atoms with Gasteiger partial charge in [0.2, 0.25) is 5.95 Å². The molecule has 3 rings (SSSR count).